The van der Waals surface area contributed by atoms with E-state index in [1.165, 1.54) is 0 Å². The number of amides is 2. The molecule has 2 amide bonds. The minimum atomic E-state index is -0.604. The average molecular weight is 386 g/mol. The Balaban J connectivity index is 1.53. The second-order valence-electron chi connectivity index (χ2n) is 6.75. The highest BCUT2D eigenvalue weighted by Crippen LogP contribution is 2.33. The zero-order valence-electron chi connectivity index (χ0n) is 15.4. The lowest BCUT2D eigenvalue weighted by Gasteiger charge is -2.35. The van der Waals surface area contributed by atoms with Crippen LogP contribution >= 0.6 is 11.3 Å². The normalized spacial score (nSPS) is 16.4. The zero-order chi connectivity index (χ0) is 18.9. The van der Waals surface area contributed by atoms with Gasteiger partial charge in [-0.2, -0.15) is 0 Å². The average Bonchev–Trinajstić information content (AvgIpc) is 3.28. The number of anilines is 1. The van der Waals surface area contributed by atoms with Gasteiger partial charge >= 0.3 is 6.03 Å². The molecule has 0 atom stereocenters. The van der Waals surface area contributed by atoms with Crippen LogP contribution in [0.25, 0.3) is 10.2 Å². The van der Waals surface area contributed by atoms with Crippen LogP contribution in [0.4, 0.5) is 10.5 Å². The molecule has 0 bridgehead atoms. The SMILES string of the molecule is CCc1nc2ccc(NC(=O)NC3(c4cc(C)no4)CCOCC3)cc2s1. The maximum Gasteiger partial charge on any atom is 0.320 e. The number of rotatable bonds is 4. The molecule has 1 aliphatic heterocycles. The third kappa shape index (κ3) is 3.68. The second kappa shape index (κ2) is 7.28. The number of thiazole rings is 1. The van der Waals surface area contributed by atoms with Crippen molar-refractivity contribution in [2.45, 2.75) is 38.6 Å². The highest BCUT2D eigenvalue weighted by Gasteiger charge is 2.39. The number of aryl methyl sites for hydroxylation is 2. The number of benzene rings is 1. The summed E-state index contributed by atoms with van der Waals surface area (Å²) in [6.07, 6.45) is 2.19. The van der Waals surface area contributed by atoms with Gasteiger partial charge in [0.2, 0.25) is 0 Å². The Bertz CT molecular complexity index is 959. The first-order chi connectivity index (χ1) is 13.1. The van der Waals surface area contributed by atoms with Gasteiger partial charge in [0.05, 0.1) is 20.9 Å². The van der Waals surface area contributed by atoms with Crippen molar-refractivity contribution >= 4 is 33.3 Å². The van der Waals surface area contributed by atoms with Crippen LogP contribution in [0.3, 0.4) is 0 Å². The van der Waals surface area contributed by atoms with E-state index in [0.717, 1.165) is 33.0 Å². The summed E-state index contributed by atoms with van der Waals surface area (Å²) in [5.41, 5.74) is 1.89. The number of carbonyl (C=O) groups is 1. The lowest BCUT2D eigenvalue weighted by atomic mass is 9.87. The van der Waals surface area contributed by atoms with Crippen molar-refractivity contribution in [2.75, 3.05) is 18.5 Å². The van der Waals surface area contributed by atoms with Crippen LogP contribution < -0.4 is 10.6 Å². The first-order valence-corrected chi connectivity index (χ1v) is 9.90. The minimum absolute atomic E-state index is 0.273. The molecule has 4 rings (SSSR count). The van der Waals surface area contributed by atoms with Crippen molar-refractivity contribution in [1.82, 2.24) is 15.5 Å². The first kappa shape index (κ1) is 17.9. The molecular formula is C19H22N4O3S. The zero-order valence-corrected chi connectivity index (χ0v) is 16.2. The van der Waals surface area contributed by atoms with E-state index in [1.54, 1.807) is 11.3 Å². The molecule has 3 heterocycles. The Morgan fingerprint density at radius 2 is 2.11 bits per heavy atom. The Morgan fingerprint density at radius 3 is 2.81 bits per heavy atom. The fourth-order valence-electron chi connectivity index (χ4n) is 3.32. The summed E-state index contributed by atoms with van der Waals surface area (Å²) < 4.78 is 12.0. The molecule has 1 aromatic carbocycles. The van der Waals surface area contributed by atoms with Crippen LogP contribution in [-0.4, -0.2) is 29.4 Å². The smallest absolute Gasteiger partial charge is 0.320 e. The highest BCUT2D eigenvalue weighted by atomic mass is 32.1. The summed E-state index contributed by atoms with van der Waals surface area (Å²) in [6.45, 7) is 5.08. The van der Waals surface area contributed by atoms with Gasteiger partial charge in [0.15, 0.2) is 5.76 Å². The van der Waals surface area contributed by atoms with Crippen LogP contribution in [0.15, 0.2) is 28.8 Å². The van der Waals surface area contributed by atoms with Gasteiger partial charge in [-0.05, 0) is 31.5 Å². The molecule has 27 heavy (non-hydrogen) atoms. The van der Waals surface area contributed by atoms with Crippen LogP contribution in [0, 0.1) is 6.92 Å². The maximum absolute atomic E-state index is 12.7. The third-order valence-corrected chi connectivity index (χ3v) is 5.95. The van der Waals surface area contributed by atoms with E-state index in [9.17, 15) is 4.79 Å². The molecule has 2 aromatic heterocycles. The molecule has 0 saturated carbocycles. The Kier molecular flexibility index (Phi) is 4.84. The number of nitrogens with zero attached hydrogens (tertiary/aromatic N) is 2. The van der Waals surface area contributed by atoms with E-state index >= 15 is 0 Å². The Morgan fingerprint density at radius 1 is 1.30 bits per heavy atom. The van der Waals surface area contributed by atoms with Gasteiger partial charge in [-0.25, -0.2) is 9.78 Å². The lowest BCUT2D eigenvalue weighted by molar-refractivity contribution is 0.0307. The van der Waals surface area contributed by atoms with Gasteiger partial charge in [0.1, 0.15) is 5.54 Å². The van der Waals surface area contributed by atoms with Crippen LogP contribution in [0.1, 0.15) is 36.2 Å². The van der Waals surface area contributed by atoms with Crippen molar-refractivity contribution in [1.29, 1.82) is 0 Å². The van der Waals surface area contributed by atoms with Crippen LogP contribution in [-0.2, 0) is 16.7 Å². The Hall–Kier alpha value is -2.45. The molecule has 7 nitrogen and oxygen atoms in total. The van der Waals surface area contributed by atoms with Crippen molar-refractivity contribution in [2.24, 2.45) is 0 Å². The molecular weight excluding hydrogens is 364 g/mol. The summed E-state index contributed by atoms with van der Waals surface area (Å²) in [7, 11) is 0. The number of carbonyl (C=O) groups excluding carboxylic acids is 1. The molecule has 142 valence electrons. The summed E-state index contributed by atoms with van der Waals surface area (Å²) in [6, 6.07) is 7.37. The molecule has 2 N–H and O–H groups in total. The quantitative estimate of drug-likeness (QED) is 0.708. The molecule has 1 aliphatic rings. The van der Waals surface area contributed by atoms with E-state index in [2.05, 4.69) is 27.7 Å². The predicted octanol–water partition coefficient (Wildman–Crippen LogP) is 3.98. The maximum atomic E-state index is 12.7. The van der Waals surface area contributed by atoms with Crippen molar-refractivity contribution in [3.63, 3.8) is 0 Å². The van der Waals surface area contributed by atoms with Crippen molar-refractivity contribution in [3.8, 4) is 0 Å². The van der Waals surface area contributed by atoms with E-state index in [4.69, 9.17) is 9.26 Å². The van der Waals surface area contributed by atoms with Crippen molar-refractivity contribution in [3.05, 3.63) is 40.7 Å². The van der Waals surface area contributed by atoms with E-state index < -0.39 is 5.54 Å². The topological polar surface area (TPSA) is 89.3 Å². The fraction of sp³-hybridized carbons (Fsp3) is 0.421. The summed E-state index contributed by atoms with van der Waals surface area (Å²) in [5, 5.41) is 11.1. The highest BCUT2D eigenvalue weighted by molar-refractivity contribution is 7.18. The largest absolute Gasteiger partial charge is 0.381 e. The lowest BCUT2D eigenvalue weighted by Crippen LogP contribution is -2.50. The molecule has 8 heteroatoms. The number of aromatic nitrogens is 2. The molecule has 0 unspecified atom stereocenters. The number of hydrogen-bond donors (Lipinski definition) is 2. The van der Waals surface area contributed by atoms with E-state index in [0.29, 0.717) is 31.8 Å². The van der Waals surface area contributed by atoms with Crippen molar-refractivity contribution < 1.29 is 14.1 Å². The minimum Gasteiger partial charge on any atom is -0.381 e. The first-order valence-electron chi connectivity index (χ1n) is 9.08. The number of nitrogens with one attached hydrogen (secondary N) is 2. The standard InChI is InChI=1S/C19H22N4O3S/c1-3-17-21-14-5-4-13(11-15(14)27-17)20-18(24)22-19(6-8-25-9-7-19)16-10-12(2)23-26-16/h4-5,10-11H,3,6-9H2,1-2H3,(H2,20,22,24). The number of fused-ring (bicyclic) bond motifs is 1. The fourth-order valence-corrected chi connectivity index (χ4v) is 4.27. The van der Waals surface area contributed by atoms with Crippen LogP contribution in [0.2, 0.25) is 0 Å². The third-order valence-electron chi connectivity index (χ3n) is 4.79. The molecule has 1 fully saturated rings. The summed E-state index contributed by atoms with van der Waals surface area (Å²) in [4.78, 5) is 17.3. The molecule has 0 radical (unpaired) electrons. The number of ether oxygens (including phenoxy) is 1. The van der Waals surface area contributed by atoms with Gasteiger partial charge in [0.25, 0.3) is 0 Å². The molecule has 1 saturated heterocycles. The summed E-state index contributed by atoms with van der Waals surface area (Å²) >= 11 is 1.65. The Labute approximate surface area is 161 Å². The second-order valence-corrected chi connectivity index (χ2v) is 7.87. The number of hydrogen-bond acceptors (Lipinski definition) is 6. The van der Waals surface area contributed by atoms with Crippen LogP contribution in [0.5, 0.6) is 0 Å². The van der Waals surface area contributed by atoms with E-state index in [1.807, 2.05) is 31.2 Å². The van der Waals surface area contributed by atoms with Gasteiger partial charge in [-0.15, -0.1) is 11.3 Å². The predicted molar refractivity (Wildman–Crippen MR) is 104 cm³/mol. The molecule has 0 spiro atoms. The summed E-state index contributed by atoms with van der Waals surface area (Å²) in [5.74, 6) is 0.670. The van der Waals surface area contributed by atoms with Gasteiger partial charge in [-0.3, -0.25) is 0 Å². The monoisotopic (exact) mass is 386 g/mol. The van der Waals surface area contributed by atoms with Gasteiger partial charge in [0, 0.05) is 37.8 Å². The molecule has 3 aromatic rings. The van der Waals surface area contributed by atoms with Gasteiger partial charge in [-0.1, -0.05) is 12.1 Å². The van der Waals surface area contributed by atoms with E-state index in [-0.39, 0.29) is 6.03 Å². The molecule has 0 aliphatic carbocycles. The van der Waals surface area contributed by atoms with Gasteiger partial charge < -0.3 is 19.9 Å². The number of urea groups is 1.